The van der Waals surface area contributed by atoms with Crippen LogP contribution >= 0.6 is 15.9 Å². The molecule has 0 radical (unpaired) electrons. The van der Waals surface area contributed by atoms with Crippen molar-refractivity contribution in [2.24, 2.45) is 0 Å². The fourth-order valence-corrected chi connectivity index (χ4v) is 4.51. The minimum Gasteiger partial charge on any atom is -0.507 e. The number of benzene rings is 3. The summed E-state index contributed by atoms with van der Waals surface area (Å²) in [5, 5.41) is 11.2. The number of rotatable bonds is 5. The normalized spacial score (nSPS) is 17.6. The predicted octanol–water partition coefficient (Wildman–Crippen LogP) is 6.38. The summed E-state index contributed by atoms with van der Waals surface area (Å²) in [5.41, 5.74) is 3.29. The number of carbonyl (C=O) groups excluding carboxylic acids is 2. The zero-order valence-electron chi connectivity index (χ0n) is 20.2. The maximum atomic E-state index is 13.3. The number of hydrogen-bond acceptors (Lipinski definition) is 4. The van der Waals surface area contributed by atoms with Gasteiger partial charge in [0.05, 0.1) is 18.7 Å². The summed E-state index contributed by atoms with van der Waals surface area (Å²) in [5.74, 6) is -0.799. The molecule has 35 heavy (non-hydrogen) atoms. The highest BCUT2D eigenvalue weighted by Crippen LogP contribution is 2.41. The van der Waals surface area contributed by atoms with Crippen molar-refractivity contribution >= 4 is 33.4 Å². The first kappa shape index (κ1) is 24.7. The Bertz CT molecular complexity index is 1270. The molecule has 0 aliphatic carbocycles. The Hall–Kier alpha value is -3.38. The monoisotopic (exact) mass is 533 g/mol. The molecule has 6 heteroatoms. The summed E-state index contributed by atoms with van der Waals surface area (Å²) >= 11 is 3.39. The number of methoxy groups -OCH3 is 1. The van der Waals surface area contributed by atoms with Gasteiger partial charge in [0.2, 0.25) is 0 Å². The van der Waals surface area contributed by atoms with Crippen molar-refractivity contribution in [3.8, 4) is 5.75 Å². The van der Waals surface area contributed by atoms with Crippen LogP contribution in [0, 0.1) is 0 Å². The summed E-state index contributed by atoms with van der Waals surface area (Å²) in [6.45, 7) is 6.61. The van der Waals surface area contributed by atoms with Crippen molar-refractivity contribution < 1.29 is 19.4 Å². The maximum absolute atomic E-state index is 13.3. The van der Waals surface area contributed by atoms with E-state index >= 15 is 0 Å². The third-order valence-corrected chi connectivity index (χ3v) is 6.79. The van der Waals surface area contributed by atoms with E-state index in [0.717, 1.165) is 21.2 Å². The predicted molar refractivity (Wildman–Crippen MR) is 140 cm³/mol. The van der Waals surface area contributed by atoms with Crippen LogP contribution in [0.25, 0.3) is 5.76 Å². The van der Waals surface area contributed by atoms with Gasteiger partial charge in [-0.2, -0.15) is 0 Å². The van der Waals surface area contributed by atoms with Gasteiger partial charge in [0.1, 0.15) is 11.5 Å². The van der Waals surface area contributed by atoms with Crippen molar-refractivity contribution in [2.45, 2.75) is 38.8 Å². The van der Waals surface area contributed by atoms with Crippen molar-refractivity contribution in [2.75, 3.05) is 7.11 Å². The van der Waals surface area contributed by atoms with Crippen molar-refractivity contribution in [3.05, 3.63) is 105 Å². The number of halogens is 1. The molecule has 0 spiro atoms. The quantitative estimate of drug-likeness (QED) is 0.235. The van der Waals surface area contributed by atoms with Crippen LogP contribution in [-0.4, -0.2) is 28.8 Å². The number of nitrogens with zero attached hydrogens (tertiary/aromatic N) is 1. The lowest BCUT2D eigenvalue weighted by molar-refractivity contribution is -0.140. The second-order valence-electron chi connectivity index (χ2n) is 9.65. The number of ether oxygens (including phenoxy) is 1. The average Bonchev–Trinajstić information content (AvgIpc) is 3.09. The molecule has 3 aromatic rings. The molecule has 3 aromatic carbocycles. The highest BCUT2D eigenvalue weighted by Gasteiger charge is 2.46. The van der Waals surface area contributed by atoms with Crippen LogP contribution in [0.4, 0.5) is 0 Å². The van der Waals surface area contributed by atoms with Gasteiger partial charge < -0.3 is 14.7 Å². The third kappa shape index (κ3) is 5.03. The molecule has 1 aliphatic rings. The second kappa shape index (κ2) is 9.70. The maximum Gasteiger partial charge on any atom is 0.295 e. The average molecular weight is 534 g/mol. The van der Waals surface area contributed by atoms with Gasteiger partial charge in [-0.3, -0.25) is 9.59 Å². The van der Waals surface area contributed by atoms with Gasteiger partial charge in [0.15, 0.2) is 0 Å². The van der Waals surface area contributed by atoms with Crippen LogP contribution in [0.2, 0.25) is 0 Å². The van der Waals surface area contributed by atoms with Gasteiger partial charge in [-0.05, 0) is 46.4 Å². The minimum atomic E-state index is -0.713. The van der Waals surface area contributed by atoms with Gasteiger partial charge in [-0.15, -0.1) is 0 Å². The standard InChI is InChI=1S/C29H28BrNO4/c1-29(2,3)21-11-7-19(8-12-21)25-24(26(32)20-9-13-22(30)14-10-20)27(33)28(34)31(25)17-18-5-15-23(35-4)16-6-18/h5-16,25,32H,17H2,1-4H3/b26-24-. The van der Waals surface area contributed by atoms with Gasteiger partial charge in [0.25, 0.3) is 11.7 Å². The van der Waals surface area contributed by atoms with Crippen LogP contribution in [0.15, 0.2) is 82.8 Å². The number of Topliss-reactive ketones (excluding diaryl/α,β-unsaturated/α-hetero) is 1. The summed E-state index contributed by atoms with van der Waals surface area (Å²) < 4.78 is 6.08. The fourth-order valence-electron chi connectivity index (χ4n) is 4.25. The number of aliphatic hydroxyl groups excluding tert-OH is 1. The molecule has 1 fully saturated rings. The Morgan fingerprint density at radius 3 is 2.09 bits per heavy atom. The van der Waals surface area contributed by atoms with Crippen molar-refractivity contribution in [3.63, 3.8) is 0 Å². The largest absolute Gasteiger partial charge is 0.507 e. The number of likely N-dealkylation sites (tertiary alicyclic amines) is 1. The highest BCUT2D eigenvalue weighted by atomic mass is 79.9. The lowest BCUT2D eigenvalue weighted by atomic mass is 9.85. The van der Waals surface area contributed by atoms with E-state index in [2.05, 4.69) is 36.7 Å². The topological polar surface area (TPSA) is 66.8 Å². The van der Waals surface area contributed by atoms with Crippen LogP contribution in [0.3, 0.4) is 0 Å². The number of hydrogen-bond donors (Lipinski definition) is 1. The molecule has 0 saturated carbocycles. The van der Waals surface area contributed by atoms with Gasteiger partial charge >= 0.3 is 0 Å². The molecule has 4 rings (SSSR count). The summed E-state index contributed by atoms with van der Waals surface area (Å²) in [4.78, 5) is 28.0. The molecule has 1 N–H and O–H groups in total. The first-order valence-electron chi connectivity index (χ1n) is 11.4. The molecule has 180 valence electrons. The molecule has 1 heterocycles. The zero-order valence-corrected chi connectivity index (χ0v) is 21.8. The smallest absolute Gasteiger partial charge is 0.295 e. The molecule has 0 aromatic heterocycles. The lowest BCUT2D eigenvalue weighted by Crippen LogP contribution is -2.29. The van der Waals surface area contributed by atoms with Crippen LogP contribution in [0.5, 0.6) is 5.75 Å². The number of ketones is 1. The fraction of sp³-hybridized carbons (Fsp3) is 0.241. The van der Waals surface area contributed by atoms with E-state index in [1.165, 1.54) is 4.90 Å². The zero-order chi connectivity index (χ0) is 25.3. The Labute approximate surface area is 214 Å². The highest BCUT2D eigenvalue weighted by molar-refractivity contribution is 9.10. The van der Waals surface area contributed by atoms with E-state index in [0.29, 0.717) is 11.3 Å². The summed E-state index contributed by atoms with van der Waals surface area (Å²) in [6.07, 6.45) is 0. The lowest BCUT2D eigenvalue weighted by Gasteiger charge is -2.26. The van der Waals surface area contributed by atoms with E-state index < -0.39 is 17.7 Å². The van der Waals surface area contributed by atoms with Gasteiger partial charge in [0, 0.05) is 16.6 Å². The SMILES string of the molecule is COc1ccc(CN2C(=O)C(=O)/C(=C(\O)c3ccc(Br)cc3)C2c2ccc(C(C)(C)C)cc2)cc1. The molecular formula is C29H28BrNO4. The number of carbonyl (C=O) groups is 2. The molecule has 5 nitrogen and oxygen atoms in total. The number of aliphatic hydroxyl groups is 1. The van der Waals surface area contributed by atoms with E-state index in [-0.39, 0.29) is 23.3 Å². The number of amides is 1. The van der Waals surface area contributed by atoms with E-state index in [4.69, 9.17) is 4.74 Å². The molecule has 1 unspecified atom stereocenters. The van der Waals surface area contributed by atoms with E-state index in [1.54, 1.807) is 31.4 Å². The Balaban J connectivity index is 1.82. The summed E-state index contributed by atoms with van der Waals surface area (Å²) in [7, 11) is 1.59. The Morgan fingerprint density at radius 2 is 1.54 bits per heavy atom. The van der Waals surface area contributed by atoms with Crippen LogP contribution in [-0.2, 0) is 21.5 Å². The molecule has 0 bridgehead atoms. The molecule has 1 atom stereocenters. The Kier molecular flexibility index (Phi) is 6.86. The van der Waals surface area contributed by atoms with Gasteiger partial charge in [-0.1, -0.05) is 85.2 Å². The summed E-state index contributed by atoms with van der Waals surface area (Å²) in [6, 6.07) is 21.6. The molecule has 1 aliphatic heterocycles. The van der Waals surface area contributed by atoms with Crippen LogP contribution < -0.4 is 4.74 Å². The molecule has 1 saturated heterocycles. The van der Waals surface area contributed by atoms with Gasteiger partial charge in [-0.25, -0.2) is 0 Å². The van der Waals surface area contributed by atoms with Crippen molar-refractivity contribution in [1.29, 1.82) is 0 Å². The Morgan fingerprint density at radius 1 is 0.943 bits per heavy atom. The van der Waals surface area contributed by atoms with Crippen LogP contribution in [0.1, 0.15) is 49.1 Å². The first-order chi connectivity index (χ1) is 16.6. The second-order valence-corrected chi connectivity index (χ2v) is 10.6. The third-order valence-electron chi connectivity index (χ3n) is 6.26. The first-order valence-corrected chi connectivity index (χ1v) is 12.2. The van der Waals surface area contributed by atoms with E-state index in [1.807, 2.05) is 48.5 Å². The van der Waals surface area contributed by atoms with Crippen molar-refractivity contribution in [1.82, 2.24) is 4.90 Å². The minimum absolute atomic E-state index is 0.0408. The molecule has 1 amide bonds. The van der Waals surface area contributed by atoms with E-state index in [9.17, 15) is 14.7 Å². The molecular weight excluding hydrogens is 506 g/mol.